The summed E-state index contributed by atoms with van der Waals surface area (Å²) in [4.78, 5) is 10.2. The normalized spacial score (nSPS) is 12.1. The van der Waals surface area contributed by atoms with E-state index in [-0.39, 0.29) is 11.7 Å². The van der Waals surface area contributed by atoms with E-state index in [1.165, 1.54) is 12.1 Å². The quantitative estimate of drug-likeness (QED) is 0.637. The molecular weight excluding hydrogens is 311 g/mol. The summed E-state index contributed by atoms with van der Waals surface area (Å²) in [7, 11) is 0. The summed E-state index contributed by atoms with van der Waals surface area (Å²) >= 11 is 11.9. The van der Waals surface area contributed by atoms with Crippen LogP contribution in [-0.2, 0) is 6.54 Å². The monoisotopic (exact) mass is 324 g/mol. The molecule has 0 bridgehead atoms. The standard InChI is InChI=1S/C15H14Cl2N2O2/c1-10(12-4-7-14(16)15(17)8-12)18-9-11-2-5-13(6-3-11)19(20)21/h2-8,10,18H,9H2,1H3. The molecule has 0 fully saturated rings. The summed E-state index contributed by atoms with van der Waals surface area (Å²) in [6, 6.07) is 12.1. The number of halogens is 2. The molecule has 0 radical (unpaired) electrons. The Morgan fingerprint density at radius 3 is 2.38 bits per heavy atom. The molecule has 21 heavy (non-hydrogen) atoms. The largest absolute Gasteiger partial charge is 0.306 e. The fourth-order valence-electron chi connectivity index (χ4n) is 1.91. The van der Waals surface area contributed by atoms with Gasteiger partial charge in [-0.05, 0) is 30.2 Å². The van der Waals surface area contributed by atoms with Crippen molar-refractivity contribution >= 4 is 28.9 Å². The van der Waals surface area contributed by atoms with Gasteiger partial charge in [0.25, 0.3) is 5.69 Å². The molecule has 2 aromatic carbocycles. The Bertz CT molecular complexity index is 645. The zero-order valence-electron chi connectivity index (χ0n) is 11.3. The van der Waals surface area contributed by atoms with Gasteiger partial charge in [0.1, 0.15) is 0 Å². The number of nitrogens with one attached hydrogen (secondary N) is 1. The van der Waals surface area contributed by atoms with E-state index in [1.807, 2.05) is 19.1 Å². The molecule has 0 aliphatic rings. The zero-order valence-corrected chi connectivity index (χ0v) is 12.9. The summed E-state index contributed by atoms with van der Waals surface area (Å²) in [5.74, 6) is 0. The molecule has 0 aliphatic heterocycles. The molecule has 0 saturated heterocycles. The van der Waals surface area contributed by atoms with Gasteiger partial charge in [0.15, 0.2) is 0 Å². The molecular formula is C15H14Cl2N2O2. The van der Waals surface area contributed by atoms with Crippen molar-refractivity contribution in [1.29, 1.82) is 0 Å². The van der Waals surface area contributed by atoms with Crippen LogP contribution < -0.4 is 5.32 Å². The Labute approximate surface area is 132 Å². The number of nitro benzene ring substituents is 1. The zero-order chi connectivity index (χ0) is 15.4. The Morgan fingerprint density at radius 1 is 1.14 bits per heavy atom. The van der Waals surface area contributed by atoms with Gasteiger partial charge >= 0.3 is 0 Å². The van der Waals surface area contributed by atoms with E-state index in [0.717, 1.165) is 11.1 Å². The van der Waals surface area contributed by atoms with Crippen molar-refractivity contribution in [2.24, 2.45) is 0 Å². The third kappa shape index (κ3) is 4.17. The lowest BCUT2D eigenvalue weighted by molar-refractivity contribution is -0.384. The second kappa shape index (κ2) is 6.89. The first-order valence-corrected chi connectivity index (χ1v) is 7.14. The molecule has 0 amide bonds. The molecule has 1 unspecified atom stereocenters. The number of rotatable bonds is 5. The van der Waals surface area contributed by atoms with Gasteiger partial charge in [-0.1, -0.05) is 41.4 Å². The van der Waals surface area contributed by atoms with Gasteiger partial charge in [-0.2, -0.15) is 0 Å². The van der Waals surface area contributed by atoms with Crippen molar-refractivity contribution in [2.45, 2.75) is 19.5 Å². The molecule has 4 nitrogen and oxygen atoms in total. The summed E-state index contributed by atoms with van der Waals surface area (Å²) in [6.07, 6.45) is 0. The van der Waals surface area contributed by atoms with Crippen molar-refractivity contribution in [3.63, 3.8) is 0 Å². The van der Waals surface area contributed by atoms with Crippen LogP contribution in [0.15, 0.2) is 42.5 Å². The summed E-state index contributed by atoms with van der Waals surface area (Å²) < 4.78 is 0. The molecule has 2 aromatic rings. The molecule has 0 saturated carbocycles. The number of hydrogen-bond donors (Lipinski definition) is 1. The predicted molar refractivity (Wildman–Crippen MR) is 84.8 cm³/mol. The minimum absolute atomic E-state index is 0.0926. The lowest BCUT2D eigenvalue weighted by Crippen LogP contribution is -2.18. The van der Waals surface area contributed by atoms with Crippen molar-refractivity contribution in [3.05, 3.63) is 73.8 Å². The number of nitrogens with zero attached hydrogens (tertiary/aromatic N) is 1. The lowest BCUT2D eigenvalue weighted by Gasteiger charge is -2.15. The first kappa shape index (κ1) is 15.8. The van der Waals surface area contributed by atoms with Crippen LogP contribution in [0.1, 0.15) is 24.1 Å². The van der Waals surface area contributed by atoms with Gasteiger partial charge < -0.3 is 5.32 Å². The fourth-order valence-corrected chi connectivity index (χ4v) is 2.21. The second-order valence-electron chi connectivity index (χ2n) is 4.70. The Hall–Kier alpha value is -1.62. The Kier molecular flexibility index (Phi) is 5.17. The number of non-ortho nitro benzene ring substituents is 1. The highest BCUT2D eigenvalue weighted by Gasteiger charge is 2.08. The van der Waals surface area contributed by atoms with E-state index in [2.05, 4.69) is 5.32 Å². The topological polar surface area (TPSA) is 55.2 Å². The molecule has 1 atom stereocenters. The first-order valence-electron chi connectivity index (χ1n) is 6.39. The van der Waals surface area contributed by atoms with Crippen LogP contribution in [0.4, 0.5) is 5.69 Å². The third-order valence-corrected chi connectivity index (χ3v) is 3.94. The van der Waals surface area contributed by atoms with E-state index < -0.39 is 4.92 Å². The van der Waals surface area contributed by atoms with E-state index >= 15 is 0 Å². The molecule has 6 heteroatoms. The van der Waals surface area contributed by atoms with Crippen molar-refractivity contribution in [1.82, 2.24) is 5.32 Å². The van der Waals surface area contributed by atoms with Crippen molar-refractivity contribution in [2.75, 3.05) is 0 Å². The van der Waals surface area contributed by atoms with Crippen LogP contribution in [0.2, 0.25) is 10.0 Å². The number of benzene rings is 2. The van der Waals surface area contributed by atoms with E-state index in [4.69, 9.17) is 23.2 Å². The van der Waals surface area contributed by atoms with Gasteiger partial charge in [0.2, 0.25) is 0 Å². The van der Waals surface area contributed by atoms with Gasteiger partial charge in [0.05, 0.1) is 15.0 Å². The first-order chi connectivity index (χ1) is 9.97. The SMILES string of the molecule is CC(NCc1ccc([N+](=O)[O-])cc1)c1ccc(Cl)c(Cl)c1. The molecule has 0 heterocycles. The molecule has 1 N–H and O–H groups in total. The molecule has 0 spiro atoms. The highest BCUT2D eigenvalue weighted by Crippen LogP contribution is 2.25. The van der Waals surface area contributed by atoms with Crippen LogP contribution in [0.3, 0.4) is 0 Å². The average Bonchev–Trinajstić information content (AvgIpc) is 2.48. The molecule has 0 aliphatic carbocycles. The summed E-state index contributed by atoms with van der Waals surface area (Å²) in [5.41, 5.74) is 2.11. The second-order valence-corrected chi connectivity index (χ2v) is 5.51. The number of nitro groups is 1. The Morgan fingerprint density at radius 2 is 1.81 bits per heavy atom. The lowest BCUT2D eigenvalue weighted by atomic mass is 10.1. The van der Waals surface area contributed by atoms with Crippen molar-refractivity contribution < 1.29 is 4.92 Å². The fraction of sp³-hybridized carbons (Fsp3) is 0.200. The predicted octanol–water partition coefficient (Wildman–Crippen LogP) is 4.75. The Balaban J connectivity index is 1.98. The summed E-state index contributed by atoms with van der Waals surface area (Å²) in [6.45, 7) is 2.63. The highest BCUT2D eigenvalue weighted by molar-refractivity contribution is 6.42. The van der Waals surface area contributed by atoms with E-state index in [0.29, 0.717) is 16.6 Å². The van der Waals surface area contributed by atoms with Gasteiger partial charge in [-0.15, -0.1) is 0 Å². The highest BCUT2D eigenvalue weighted by atomic mass is 35.5. The number of hydrogen-bond acceptors (Lipinski definition) is 3. The van der Waals surface area contributed by atoms with Crippen LogP contribution >= 0.6 is 23.2 Å². The summed E-state index contributed by atoms with van der Waals surface area (Å²) in [5, 5.41) is 15.0. The molecule has 2 rings (SSSR count). The van der Waals surface area contributed by atoms with Gasteiger partial charge in [0, 0.05) is 24.7 Å². The van der Waals surface area contributed by atoms with Gasteiger partial charge in [-0.3, -0.25) is 10.1 Å². The van der Waals surface area contributed by atoms with Crippen LogP contribution in [0.5, 0.6) is 0 Å². The van der Waals surface area contributed by atoms with Crippen LogP contribution in [0, 0.1) is 10.1 Å². The van der Waals surface area contributed by atoms with Crippen molar-refractivity contribution in [3.8, 4) is 0 Å². The maximum atomic E-state index is 10.6. The maximum Gasteiger partial charge on any atom is 0.269 e. The van der Waals surface area contributed by atoms with Crippen LogP contribution in [0.25, 0.3) is 0 Å². The molecule has 0 aromatic heterocycles. The maximum absolute atomic E-state index is 10.6. The van der Waals surface area contributed by atoms with E-state index in [9.17, 15) is 10.1 Å². The van der Waals surface area contributed by atoms with E-state index in [1.54, 1.807) is 18.2 Å². The molecule has 110 valence electrons. The smallest absolute Gasteiger partial charge is 0.269 e. The van der Waals surface area contributed by atoms with Crippen LogP contribution in [-0.4, -0.2) is 4.92 Å². The minimum Gasteiger partial charge on any atom is -0.306 e. The third-order valence-electron chi connectivity index (χ3n) is 3.20. The van der Waals surface area contributed by atoms with Gasteiger partial charge in [-0.25, -0.2) is 0 Å². The minimum atomic E-state index is -0.407. The average molecular weight is 325 g/mol.